The molecular formula is C14H21N5O2S. The van der Waals surface area contributed by atoms with E-state index >= 15 is 0 Å². The van der Waals surface area contributed by atoms with Crippen molar-refractivity contribution in [2.45, 2.75) is 20.3 Å². The van der Waals surface area contributed by atoms with E-state index in [2.05, 4.69) is 26.8 Å². The number of anilines is 1. The lowest BCUT2D eigenvalue weighted by Crippen LogP contribution is -2.30. The predicted molar refractivity (Wildman–Crippen MR) is 85.8 cm³/mol. The summed E-state index contributed by atoms with van der Waals surface area (Å²) in [6, 6.07) is 0. The van der Waals surface area contributed by atoms with Crippen molar-refractivity contribution in [3.8, 4) is 0 Å². The Balaban J connectivity index is 1.81. The number of imidazole rings is 1. The van der Waals surface area contributed by atoms with E-state index in [1.54, 1.807) is 17.8 Å². The molecular weight excluding hydrogens is 302 g/mol. The van der Waals surface area contributed by atoms with Crippen LogP contribution in [0.4, 0.5) is 5.13 Å². The summed E-state index contributed by atoms with van der Waals surface area (Å²) in [5.74, 6) is -0.381. The maximum Gasteiger partial charge on any atom is 0.360 e. The van der Waals surface area contributed by atoms with Crippen LogP contribution in [0.1, 0.15) is 30.8 Å². The second kappa shape index (κ2) is 6.62. The minimum absolute atomic E-state index is 0.350. The van der Waals surface area contributed by atoms with Crippen LogP contribution in [0.15, 0.2) is 6.33 Å². The van der Waals surface area contributed by atoms with E-state index in [9.17, 15) is 4.79 Å². The molecule has 1 saturated heterocycles. The van der Waals surface area contributed by atoms with E-state index < -0.39 is 0 Å². The standard InChI is InChI=1S/C14H21N5O2S/c1-3-17-6-5-7-18(9-8-17)14-16-19-10-15-11(12(19)22-14)13(20)21-4-2/h10H,3-9H2,1-2H3. The van der Waals surface area contributed by atoms with Crippen LogP contribution in [-0.2, 0) is 4.74 Å². The Kier molecular flexibility index (Phi) is 4.58. The molecule has 7 nitrogen and oxygen atoms in total. The maximum absolute atomic E-state index is 11.9. The Hall–Kier alpha value is -1.67. The Bertz CT molecular complexity index is 653. The molecule has 0 bridgehead atoms. The molecule has 0 N–H and O–H groups in total. The molecule has 0 unspecified atom stereocenters. The number of carbonyl (C=O) groups excluding carboxylic acids is 1. The summed E-state index contributed by atoms with van der Waals surface area (Å²) < 4.78 is 6.72. The van der Waals surface area contributed by atoms with Gasteiger partial charge in [0.2, 0.25) is 5.13 Å². The van der Waals surface area contributed by atoms with Gasteiger partial charge >= 0.3 is 5.97 Å². The van der Waals surface area contributed by atoms with Crippen molar-refractivity contribution in [3.05, 3.63) is 12.0 Å². The van der Waals surface area contributed by atoms with Gasteiger partial charge in [0.25, 0.3) is 0 Å². The van der Waals surface area contributed by atoms with Crippen LogP contribution in [0.3, 0.4) is 0 Å². The first-order chi connectivity index (χ1) is 10.7. The average Bonchev–Trinajstić information content (AvgIpc) is 3.00. The number of ether oxygens (including phenoxy) is 1. The van der Waals surface area contributed by atoms with Crippen molar-refractivity contribution in [1.82, 2.24) is 19.5 Å². The zero-order valence-electron chi connectivity index (χ0n) is 13.0. The lowest BCUT2D eigenvalue weighted by atomic mass is 10.4. The zero-order chi connectivity index (χ0) is 15.5. The molecule has 0 radical (unpaired) electrons. The molecule has 0 amide bonds. The third-order valence-electron chi connectivity index (χ3n) is 3.86. The number of fused-ring (bicyclic) bond motifs is 1. The van der Waals surface area contributed by atoms with Crippen LogP contribution in [0.25, 0.3) is 4.83 Å². The molecule has 2 aromatic rings. The van der Waals surface area contributed by atoms with E-state index in [0.717, 1.165) is 49.1 Å². The van der Waals surface area contributed by atoms with Crippen molar-refractivity contribution >= 4 is 27.3 Å². The Labute approximate surface area is 133 Å². The van der Waals surface area contributed by atoms with Gasteiger partial charge in [-0.05, 0) is 26.4 Å². The highest BCUT2D eigenvalue weighted by Gasteiger charge is 2.22. The molecule has 0 aliphatic carbocycles. The van der Waals surface area contributed by atoms with E-state index in [1.807, 2.05) is 0 Å². The van der Waals surface area contributed by atoms with Gasteiger partial charge in [-0.3, -0.25) is 0 Å². The van der Waals surface area contributed by atoms with Crippen LogP contribution in [0.2, 0.25) is 0 Å². The monoisotopic (exact) mass is 323 g/mol. The number of hydrogen-bond acceptors (Lipinski definition) is 7. The number of nitrogens with zero attached hydrogens (tertiary/aromatic N) is 5. The summed E-state index contributed by atoms with van der Waals surface area (Å²) in [5, 5.41) is 5.51. The fourth-order valence-corrected chi connectivity index (χ4v) is 3.67. The first-order valence-corrected chi connectivity index (χ1v) is 8.53. The summed E-state index contributed by atoms with van der Waals surface area (Å²) in [4.78, 5) is 21.5. The van der Waals surface area contributed by atoms with Gasteiger partial charge in [-0.1, -0.05) is 18.3 Å². The lowest BCUT2D eigenvalue weighted by Gasteiger charge is -2.19. The first kappa shape index (κ1) is 15.2. The summed E-state index contributed by atoms with van der Waals surface area (Å²) in [7, 11) is 0. The van der Waals surface area contributed by atoms with E-state index in [4.69, 9.17) is 4.74 Å². The number of carbonyl (C=O) groups is 1. The van der Waals surface area contributed by atoms with Crippen LogP contribution in [-0.4, -0.2) is 64.8 Å². The summed E-state index contributed by atoms with van der Waals surface area (Å²) in [6.07, 6.45) is 2.71. The molecule has 1 aliphatic heterocycles. The highest BCUT2D eigenvalue weighted by atomic mass is 32.1. The predicted octanol–water partition coefficient (Wildman–Crippen LogP) is 1.50. The second-order valence-electron chi connectivity index (χ2n) is 5.22. The second-order valence-corrected chi connectivity index (χ2v) is 6.18. The average molecular weight is 323 g/mol. The maximum atomic E-state index is 11.9. The molecule has 120 valence electrons. The third kappa shape index (κ3) is 2.93. The largest absolute Gasteiger partial charge is 0.461 e. The Morgan fingerprint density at radius 2 is 2.18 bits per heavy atom. The summed E-state index contributed by atoms with van der Waals surface area (Å²) in [6.45, 7) is 9.57. The number of aromatic nitrogens is 3. The molecule has 0 saturated carbocycles. The van der Waals surface area contributed by atoms with Gasteiger partial charge in [0.15, 0.2) is 10.5 Å². The number of hydrogen-bond donors (Lipinski definition) is 0. The van der Waals surface area contributed by atoms with Crippen LogP contribution in [0.5, 0.6) is 0 Å². The van der Waals surface area contributed by atoms with Crippen LogP contribution < -0.4 is 4.90 Å². The molecule has 1 aliphatic rings. The van der Waals surface area contributed by atoms with Gasteiger partial charge in [0.1, 0.15) is 6.33 Å². The van der Waals surface area contributed by atoms with Gasteiger partial charge in [0, 0.05) is 19.6 Å². The fraction of sp³-hybridized carbons (Fsp3) is 0.643. The molecule has 3 heterocycles. The van der Waals surface area contributed by atoms with Crippen molar-refractivity contribution in [2.24, 2.45) is 0 Å². The van der Waals surface area contributed by atoms with Gasteiger partial charge < -0.3 is 14.5 Å². The smallest absolute Gasteiger partial charge is 0.360 e. The van der Waals surface area contributed by atoms with E-state index in [-0.39, 0.29) is 5.97 Å². The zero-order valence-corrected chi connectivity index (χ0v) is 13.8. The van der Waals surface area contributed by atoms with Crippen molar-refractivity contribution in [1.29, 1.82) is 0 Å². The molecule has 22 heavy (non-hydrogen) atoms. The number of likely N-dealkylation sites (N-methyl/N-ethyl adjacent to an activating group) is 1. The normalized spacial score (nSPS) is 16.9. The Morgan fingerprint density at radius 3 is 2.95 bits per heavy atom. The first-order valence-electron chi connectivity index (χ1n) is 7.71. The van der Waals surface area contributed by atoms with Gasteiger partial charge in [-0.15, -0.1) is 5.10 Å². The van der Waals surface area contributed by atoms with Crippen molar-refractivity contribution in [2.75, 3.05) is 44.2 Å². The molecule has 3 rings (SSSR count). The van der Waals surface area contributed by atoms with Crippen LogP contribution >= 0.6 is 11.3 Å². The summed E-state index contributed by atoms with van der Waals surface area (Å²) in [5.41, 5.74) is 0.357. The van der Waals surface area contributed by atoms with Gasteiger partial charge in [0.05, 0.1) is 6.61 Å². The lowest BCUT2D eigenvalue weighted by molar-refractivity contribution is 0.0522. The highest BCUT2D eigenvalue weighted by Crippen LogP contribution is 2.27. The fourth-order valence-electron chi connectivity index (χ4n) is 2.64. The molecule has 0 aromatic carbocycles. The van der Waals surface area contributed by atoms with E-state index in [1.165, 1.54) is 11.3 Å². The van der Waals surface area contributed by atoms with E-state index in [0.29, 0.717) is 12.3 Å². The number of esters is 1. The van der Waals surface area contributed by atoms with Crippen LogP contribution in [0, 0.1) is 0 Å². The quantitative estimate of drug-likeness (QED) is 0.795. The number of rotatable bonds is 4. The topological polar surface area (TPSA) is 63.0 Å². The molecule has 0 atom stereocenters. The van der Waals surface area contributed by atoms with Crippen molar-refractivity contribution in [3.63, 3.8) is 0 Å². The van der Waals surface area contributed by atoms with Gasteiger partial charge in [-0.2, -0.15) is 0 Å². The molecule has 2 aromatic heterocycles. The van der Waals surface area contributed by atoms with Crippen molar-refractivity contribution < 1.29 is 9.53 Å². The SMILES string of the molecule is CCOC(=O)c1ncn2nc(N3CCCN(CC)CC3)sc12. The molecule has 0 spiro atoms. The van der Waals surface area contributed by atoms with Gasteiger partial charge in [-0.25, -0.2) is 14.3 Å². The minimum atomic E-state index is -0.381. The Morgan fingerprint density at radius 1 is 1.32 bits per heavy atom. The minimum Gasteiger partial charge on any atom is -0.461 e. The molecule has 8 heteroatoms. The highest BCUT2D eigenvalue weighted by molar-refractivity contribution is 7.21. The molecule has 1 fully saturated rings. The summed E-state index contributed by atoms with van der Waals surface area (Å²) >= 11 is 1.51. The third-order valence-corrected chi connectivity index (χ3v) is 4.96.